The zero-order chi connectivity index (χ0) is 8.98. The molecule has 0 aliphatic carbocycles. The van der Waals surface area contributed by atoms with Crippen LogP contribution in [0.3, 0.4) is 0 Å². The third kappa shape index (κ3) is 1.00. The maximum atomic E-state index is 11.9. The van der Waals surface area contributed by atoms with E-state index in [0.29, 0.717) is 0 Å². The summed E-state index contributed by atoms with van der Waals surface area (Å²) in [4.78, 5) is 0. The van der Waals surface area contributed by atoms with Gasteiger partial charge in [0.1, 0.15) is 6.10 Å². The molecule has 0 aromatic carbocycles. The van der Waals surface area contributed by atoms with Gasteiger partial charge in [-0.25, -0.2) is 0 Å². The third-order valence-electron chi connectivity index (χ3n) is 3.28. The van der Waals surface area contributed by atoms with Gasteiger partial charge in [0.2, 0.25) is 0 Å². The Kier molecular flexibility index (Phi) is 1.57. The molecule has 2 unspecified atom stereocenters. The number of epoxide rings is 1. The summed E-state index contributed by atoms with van der Waals surface area (Å²) in [6, 6.07) is 0. The zero-order valence-electron chi connectivity index (χ0n) is 7.96. The van der Waals surface area contributed by atoms with E-state index in [0.717, 1.165) is 19.4 Å². The molecule has 2 saturated heterocycles. The number of nitrogens with zero attached hydrogens (tertiary/aromatic N) is 1. The van der Waals surface area contributed by atoms with Gasteiger partial charge >= 0.3 is 0 Å². The Morgan fingerprint density at radius 3 is 2.25 bits per heavy atom. The molecule has 2 rings (SSSR count). The van der Waals surface area contributed by atoms with Crippen LogP contribution in [0.2, 0.25) is 0 Å². The monoisotopic (exact) mass is 170 g/mol. The maximum Gasteiger partial charge on any atom is 0.101 e. The second-order valence-corrected chi connectivity index (χ2v) is 4.79. The average Bonchev–Trinajstić information content (AvgIpc) is 2.78. The van der Waals surface area contributed by atoms with Crippen LogP contribution in [0.4, 0.5) is 0 Å². The van der Waals surface area contributed by atoms with Gasteiger partial charge in [-0.15, -0.1) is 10.3 Å². The molecule has 0 aromatic heterocycles. The van der Waals surface area contributed by atoms with Crippen LogP contribution in [0.5, 0.6) is 0 Å². The van der Waals surface area contributed by atoms with Crippen LogP contribution in [0, 0.1) is 0 Å². The lowest BCUT2D eigenvalue weighted by atomic mass is 9.96. The molecule has 0 amide bonds. The van der Waals surface area contributed by atoms with Crippen molar-refractivity contribution in [2.24, 2.45) is 0 Å². The molecule has 3 heteroatoms. The van der Waals surface area contributed by atoms with E-state index in [1.54, 1.807) is 0 Å². The molecule has 0 aromatic rings. The summed E-state index contributed by atoms with van der Waals surface area (Å²) in [7, 11) is 0. The average molecular weight is 170 g/mol. The van der Waals surface area contributed by atoms with E-state index in [1.165, 1.54) is 5.06 Å². The first-order valence-electron chi connectivity index (χ1n) is 4.56. The number of rotatable bonds is 1. The van der Waals surface area contributed by atoms with Crippen LogP contribution in [0.1, 0.15) is 33.6 Å². The van der Waals surface area contributed by atoms with Gasteiger partial charge in [-0.05, 0) is 33.6 Å². The normalized spacial score (nSPS) is 46.5. The third-order valence-corrected chi connectivity index (χ3v) is 3.28. The molecular formula is C9H16NO2. The molecule has 2 aliphatic heterocycles. The molecule has 0 bridgehead atoms. The Morgan fingerprint density at radius 2 is 1.92 bits per heavy atom. The highest BCUT2D eigenvalue weighted by atomic mass is 16.6. The van der Waals surface area contributed by atoms with Gasteiger partial charge in [0.25, 0.3) is 0 Å². The van der Waals surface area contributed by atoms with Crippen LogP contribution in [-0.4, -0.2) is 28.9 Å². The Balaban J connectivity index is 2.19. The van der Waals surface area contributed by atoms with E-state index in [4.69, 9.17) is 4.74 Å². The van der Waals surface area contributed by atoms with E-state index < -0.39 is 0 Å². The van der Waals surface area contributed by atoms with Crippen molar-refractivity contribution in [1.29, 1.82) is 0 Å². The first-order chi connectivity index (χ1) is 5.47. The second-order valence-electron chi connectivity index (χ2n) is 4.79. The van der Waals surface area contributed by atoms with Gasteiger partial charge in [-0.2, -0.15) is 0 Å². The van der Waals surface area contributed by atoms with Gasteiger partial charge in [0.15, 0.2) is 0 Å². The molecule has 3 nitrogen and oxygen atoms in total. The molecule has 69 valence electrons. The van der Waals surface area contributed by atoms with Gasteiger partial charge < -0.3 is 4.74 Å². The van der Waals surface area contributed by atoms with Crippen molar-refractivity contribution < 1.29 is 9.94 Å². The molecule has 0 spiro atoms. The SMILES string of the molecule is CC1(C)CCC(C)(C2CO2)N1[O]. The van der Waals surface area contributed by atoms with Gasteiger partial charge in [0.05, 0.1) is 12.1 Å². The van der Waals surface area contributed by atoms with E-state index in [9.17, 15) is 5.21 Å². The number of ether oxygens (including phenoxy) is 1. The molecule has 1 radical (unpaired) electrons. The Morgan fingerprint density at radius 1 is 1.33 bits per heavy atom. The summed E-state index contributed by atoms with van der Waals surface area (Å²) in [5.41, 5.74) is -0.440. The second kappa shape index (κ2) is 2.22. The minimum atomic E-state index is -0.247. The molecule has 0 saturated carbocycles. The van der Waals surface area contributed by atoms with Crippen LogP contribution in [0.15, 0.2) is 0 Å². The summed E-state index contributed by atoms with van der Waals surface area (Å²) < 4.78 is 5.22. The van der Waals surface area contributed by atoms with E-state index in [1.807, 2.05) is 20.8 Å². The molecule has 2 fully saturated rings. The standard InChI is InChI=1S/C9H16NO2/c1-8(2)4-5-9(3,10(8)11)7-6-12-7/h7H,4-6H2,1-3H3. The predicted molar refractivity (Wildman–Crippen MR) is 44.0 cm³/mol. The summed E-state index contributed by atoms with van der Waals surface area (Å²) in [5.74, 6) is 0. The van der Waals surface area contributed by atoms with Crippen LogP contribution >= 0.6 is 0 Å². The predicted octanol–water partition coefficient (Wildman–Crippen LogP) is 1.36. The largest absolute Gasteiger partial charge is 0.371 e. The van der Waals surface area contributed by atoms with Crippen molar-refractivity contribution in [1.82, 2.24) is 5.06 Å². The Hall–Kier alpha value is -0.120. The van der Waals surface area contributed by atoms with Gasteiger partial charge in [-0.3, -0.25) is 0 Å². The lowest BCUT2D eigenvalue weighted by Gasteiger charge is -2.33. The van der Waals surface area contributed by atoms with Crippen molar-refractivity contribution in [3.63, 3.8) is 0 Å². The zero-order valence-corrected chi connectivity index (χ0v) is 7.96. The smallest absolute Gasteiger partial charge is 0.101 e. The highest BCUT2D eigenvalue weighted by Gasteiger charge is 2.56. The van der Waals surface area contributed by atoms with Crippen LogP contribution < -0.4 is 0 Å². The summed E-state index contributed by atoms with van der Waals surface area (Å²) in [6.45, 7) is 6.80. The lowest BCUT2D eigenvalue weighted by Crippen LogP contribution is -2.49. The van der Waals surface area contributed by atoms with Crippen molar-refractivity contribution in [2.45, 2.75) is 50.8 Å². The van der Waals surface area contributed by atoms with Gasteiger partial charge in [-0.1, -0.05) is 0 Å². The quantitative estimate of drug-likeness (QED) is 0.557. The number of hydrogen-bond acceptors (Lipinski definition) is 2. The number of hydroxylamine groups is 2. The van der Waals surface area contributed by atoms with Crippen LogP contribution in [0.25, 0.3) is 0 Å². The minimum absolute atomic E-state index is 0.191. The molecule has 2 atom stereocenters. The summed E-state index contributed by atoms with van der Waals surface area (Å²) in [5, 5.41) is 13.1. The Bertz CT molecular complexity index is 201. The first-order valence-corrected chi connectivity index (χ1v) is 4.56. The first kappa shape index (κ1) is 8.48. The van der Waals surface area contributed by atoms with E-state index in [-0.39, 0.29) is 17.2 Å². The Labute approximate surface area is 73.3 Å². The minimum Gasteiger partial charge on any atom is -0.371 e. The van der Waals surface area contributed by atoms with Crippen molar-refractivity contribution in [2.75, 3.05) is 6.61 Å². The highest BCUT2D eigenvalue weighted by Crippen LogP contribution is 2.45. The van der Waals surface area contributed by atoms with E-state index >= 15 is 0 Å². The fraction of sp³-hybridized carbons (Fsp3) is 1.00. The van der Waals surface area contributed by atoms with Crippen molar-refractivity contribution >= 4 is 0 Å². The summed E-state index contributed by atoms with van der Waals surface area (Å²) in [6.07, 6.45) is 2.14. The molecular weight excluding hydrogens is 154 g/mol. The maximum absolute atomic E-state index is 11.9. The molecule has 0 N–H and O–H groups in total. The number of hydrogen-bond donors (Lipinski definition) is 0. The van der Waals surface area contributed by atoms with Crippen molar-refractivity contribution in [3.8, 4) is 0 Å². The lowest BCUT2D eigenvalue weighted by molar-refractivity contribution is -0.252. The van der Waals surface area contributed by atoms with Gasteiger partial charge in [0, 0.05) is 5.54 Å². The van der Waals surface area contributed by atoms with E-state index in [2.05, 4.69) is 0 Å². The summed E-state index contributed by atoms with van der Waals surface area (Å²) >= 11 is 0. The highest BCUT2D eigenvalue weighted by molar-refractivity contribution is 5.06. The molecule has 12 heavy (non-hydrogen) atoms. The van der Waals surface area contributed by atoms with Crippen molar-refractivity contribution in [3.05, 3.63) is 0 Å². The topological polar surface area (TPSA) is 35.7 Å². The molecule has 2 aliphatic rings. The fourth-order valence-electron chi connectivity index (χ4n) is 2.15. The fourth-order valence-corrected chi connectivity index (χ4v) is 2.15. The van der Waals surface area contributed by atoms with Crippen LogP contribution in [-0.2, 0) is 9.94 Å². The molecule has 2 heterocycles.